The topological polar surface area (TPSA) is 67.2 Å². The first-order valence-corrected chi connectivity index (χ1v) is 11.7. The van der Waals surface area contributed by atoms with E-state index in [9.17, 15) is 18.4 Å². The van der Waals surface area contributed by atoms with Crippen molar-refractivity contribution in [2.45, 2.75) is 57.7 Å². The Kier molecular flexibility index (Phi) is 6.97. The van der Waals surface area contributed by atoms with Gasteiger partial charge in [-0.15, -0.1) is 11.8 Å². The van der Waals surface area contributed by atoms with Crippen molar-refractivity contribution in [2.75, 3.05) is 17.2 Å². The average molecular weight is 465 g/mol. The van der Waals surface area contributed by atoms with Crippen LogP contribution < -0.4 is 10.2 Å². The first kappa shape index (κ1) is 24.2. The van der Waals surface area contributed by atoms with Crippen molar-refractivity contribution < 1.29 is 18.4 Å². The summed E-state index contributed by atoms with van der Waals surface area (Å²) in [6.45, 7) is 9.69. The number of nitrogens with one attached hydrogen (secondary N) is 1. The summed E-state index contributed by atoms with van der Waals surface area (Å²) in [5.41, 5.74) is 1.27. The second kappa shape index (κ2) is 9.21. The number of rotatable bonds is 5. The molecule has 3 rings (SSSR count). The van der Waals surface area contributed by atoms with Gasteiger partial charge >= 0.3 is 0 Å². The van der Waals surface area contributed by atoms with Gasteiger partial charge in [0.05, 0.1) is 16.7 Å². The maximum Gasteiger partial charge on any atom is 0.240 e. The van der Waals surface area contributed by atoms with E-state index in [4.69, 9.17) is 0 Å². The van der Waals surface area contributed by atoms with Gasteiger partial charge in [0, 0.05) is 35.7 Å². The molecule has 1 aromatic heterocycles. The van der Waals surface area contributed by atoms with Crippen LogP contribution >= 0.6 is 11.8 Å². The number of aryl methyl sites for hydroxylation is 1. The number of carbonyl (C=O) groups is 2. The van der Waals surface area contributed by atoms with E-state index in [1.807, 2.05) is 34.6 Å². The number of anilines is 1. The maximum absolute atomic E-state index is 14.8. The van der Waals surface area contributed by atoms with Crippen molar-refractivity contribution >= 4 is 29.4 Å². The van der Waals surface area contributed by atoms with E-state index in [2.05, 4.69) is 10.4 Å². The smallest absolute Gasteiger partial charge is 0.240 e. The van der Waals surface area contributed by atoms with Gasteiger partial charge in [-0.05, 0) is 19.4 Å². The fraction of sp³-hybridized carbons (Fsp3) is 0.522. The van der Waals surface area contributed by atoms with Crippen molar-refractivity contribution in [3.8, 4) is 0 Å². The van der Waals surface area contributed by atoms with Crippen LogP contribution in [0.3, 0.4) is 0 Å². The molecule has 0 radical (unpaired) electrons. The molecule has 0 aliphatic carbocycles. The Bertz CT molecular complexity index is 1030. The Labute approximate surface area is 191 Å². The molecule has 6 nitrogen and oxygen atoms in total. The number of fused-ring (bicyclic) bond motifs is 1. The standard InChI is InChI=1S/C23H30F2N4O2S/c1-7-13(2)26-17(30)11-29-18(31)12-32-20(15-9-8-14(24)10-16(15)25)19-21(23(3,4)5)27-28(6)22(19)29/h8-10,13,20H,7,11-12H2,1-6H3,(H,26,30)/t13-,20-/m1/s1. The Morgan fingerprint density at radius 2 is 2.03 bits per heavy atom. The third-order valence-electron chi connectivity index (χ3n) is 5.52. The van der Waals surface area contributed by atoms with Gasteiger partial charge in [-0.25, -0.2) is 8.78 Å². The number of nitrogens with zero attached hydrogens (tertiary/aromatic N) is 3. The first-order chi connectivity index (χ1) is 14.9. The summed E-state index contributed by atoms with van der Waals surface area (Å²) in [5, 5.41) is 7.00. The third-order valence-corrected chi connectivity index (χ3v) is 6.76. The van der Waals surface area contributed by atoms with Gasteiger partial charge in [0.25, 0.3) is 0 Å². The lowest BCUT2D eigenvalue weighted by Gasteiger charge is -2.24. The second-order valence-electron chi connectivity index (χ2n) is 9.17. The van der Waals surface area contributed by atoms with Crippen LogP contribution in [0.1, 0.15) is 63.1 Å². The highest BCUT2D eigenvalue weighted by molar-refractivity contribution is 8.00. The molecule has 1 N–H and O–H groups in total. The van der Waals surface area contributed by atoms with E-state index in [0.717, 1.165) is 12.5 Å². The van der Waals surface area contributed by atoms with E-state index >= 15 is 0 Å². The van der Waals surface area contributed by atoms with Crippen molar-refractivity contribution in [3.63, 3.8) is 0 Å². The molecule has 0 fully saturated rings. The average Bonchev–Trinajstić information content (AvgIpc) is 2.97. The van der Waals surface area contributed by atoms with Crippen LogP contribution in [0.4, 0.5) is 14.6 Å². The van der Waals surface area contributed by atoms with Crippen LogP contribution in [0.2, 0.25) is 0 Å². The van der Waals surface area contributed by atoms with E-state index in [-0.39, 0.29) is 35.7 Å². The summed E-state index contributed by atoms with van der Waals surface area (Å²) in [6.07, 6.45) is 0.770. The number of benzene rings is 1. The minimum atomic E-state index is -0.674. The largest absolute Gasteiger partial charge is 0.352 e. The fourth-order valence-corrected chi connectivity index (χ4v) is 4.99. The number of amides is 2. The molecule has 0 saturated heterocycles. The van der Waals surface area contributed by atoms with Gasteiger partial charge in [-0.2, -0.15) is 5.10 Å². The molecule has 0 bridgehead atoms. The molecule has 1 aromatic carbocycles. The number of thioether (sulfide) groups is 1. The first-order valence-electron chi connectivity index (χ1n) is 10.7. The summed E-state index contributed by atoms with van der Waals surface area (Å²) in [4.78, 5) is 27.2. The number of hydrogen-bond donors (Lipinski definition) is 1. The molecule has 2 amide bonds. The zero-order valence-electron chi connectivity index (χ0n) is 19.3. The van der Waals surface area contributed by atoms with Gasteiger partial charge in [0.2, 0.25) is 11.8 Å². The predicted octanol–water partition coefficient (Wildman–Crippen LogP) is 4.08. The maximum atomic E-state index is 14.8. The molecule has 1 aliphatic heterocycles. The molecule has 0 saturated carbocycles. The van der Waals surface area contributed by atoms with E-state index in [1.54, 1.807) is 11.7 Å². The molecule has 0 unspecified atom stereocenters. The van der Waals surface area contributed by atoms with Gasteiger partial charge in [-0.3, -0.25) is 19.2 Å². The molecule has 2 atom stereocenters. The number of aromatic nitrogens is 2. The number of carbonyl (C=O) groups excluding carboxylic acids is 2. The molecule has 2 heterocycles. The highest BCUT2D eigenvalue weighted by atomic mass is 32.2. The number of hydrogen-bond acceptors (Lipinski definition) is 4. The summed E-state index contributed by atoms with van der Waals surface area (Å²) >= 11 is 1.26. The van der Waals surface area contributed by atoms with Crippen LogP contribution in [0.15, 0.2) is 18.2 Å². The highest BCUT2D eigenvalue weighted by Gasteiger charge is 2.39. The van der Waals surface area contributed by atoms with Gasteiger partial charge in [-0.1, -0.05) is 33.8 Å². The summed E-state index contributed by atoms with van der Waals surface area (Å²) in [7, 11) is 1.72. The van der Waals surface area contributed by atoms with Crippen LogP contribution in [-0.2, 0) is 22.1 Å². The van der Waals surface area contributed by atoms with Gasteiger partial charge in [0.1, 0.15) is 24.0 Å². The van der Waals surface area contributed by atoms with Crippen LogP contribution in [-0.4, -0.2) is 39.9 Å². The lowest BCUT2D eigenvalue weighted by Crippen LogP contribution is -2.44. The predicted molar refractivity (Wildman–Crippen MR) is 123 cm³/mol. The van der Waals surface area contributed by atoms with Crippen LogP contribution in [0.5, 0.6) is 0 Å². The zero-order chi connectivity index (χ0) is 23.8. The molecule has 2 aromatic rings. The van der Waals surface area contributed by atoms with Crippen molar-refractivity contribution in [3.05, 3.63) is 46.7 Å². The van der Waals surface area contributed by atoms with E-state index in [1.165, 1.54) is 28.8 Å². The minimum absolute atomic E-state index is 0.0174. The quantitative estimate of drug-likeness (QED) is 0.724. The Morgan fingerprint density at radius 3 is 2.62 bits per heavy atom. The highest BCUT2D eigenvalue weighted by Crippen LogP contribution is 2.48. The van der Waals surface area contributed by atoms with E-state index in [0.29, 0.717) is 17.1 Å². The molecule has 174 valence electrons. The summed E-state index contributed by atoms with van der Waals surface area (Å²) < 4.78 is 30.0. The fourth-order valence-electron chi connectivity index (χ4n) is 3.77. The van der Waals surface area contributed by atoms with Crippen molar-refractivity contribution in [1.29, 1.82) is 0 Å². The van der Waals surface area contributed by atoms with Crippen LogP contribution in [0, 0.1) is 11.6 Å². The summed E-state index contributed by atoms with van der Waals surface area (Å²) in [6, 6.07) is 3.47. The third kappa shape index (κ3) is 4.82. The molecule has 1 aliphatic rings. The van der Waals surface area contributed by atoms with Crippen molar-refractivity contribution in [2.24, 2.45) is 7.05 Å². The number of halogens is 2. The molecular weight excluding hydrogens is 434 g/mol. The van der Waals surface area contributed by atoms with Crippen molar-refractivity contribution in [1.82, 2.24) is 15.1 Å². The van der Waals surface area contributed by atoms with E-state index < -0.39 is 22.3 Å². The summed E-state index contributed by atoms with van der Waals surface area (Å²) in [5.74, 6) is -1.34. The normalized spacial score (nSPS) is 17.7. The Morgan fingerprint density at radius 1 is 1.34 bits per heavy atom. The monoisotopic (exact) mass is 464 g/mol. The van der Waals surface area contributed by atoms with Crippen LogP contribution in [0.25, 0.3) is 0 Å². The molecular formula is C23H30F2N4O2S. The minimum Gasteiger partial charge on any atom is -0.352 e. The van der Waals surface area contributed by atoms with Gasteiger partial charge in [0.15, 0.2) is 0 Å². The lowest BCUT2D eigenvalue weighted by molar-refractivity contribution is -0.123. The lowest BCUT2D eigenvalue weighted by atomic mass is 9.87. The SMILES string of the molecule is CC[C@@H](C)NC(=O)CN1C(=O)CS[C@H](c2ccc(F)cc2F)c2c(C(C)(C)C)nn(C)c21. The Hall–Kier alpha value is -2.42. The molecule has 32 heavy (non-hydrogen) atoms. The second-order valence-corrected chi connectivity index (χ2v) is 10.3. The van der Waals surface area contributed by atoms with Gasteiger partial charge < -0.3 is 5.32 Å². The molecule has 0 spiro atoms. The Balaban J connectivity index is 2.17. The molecule has 9 heteroatoms. The zero-order valence-corrected chi connectivity index (χ0v) is 20.1.